The molecule has 0 amide bonds. The third kappa shape index (κ3) is 706. The second-order valence-electron chi connectivity index (χ2n) is 0.895. The van der Waals surface area contributed by atoms with Gasteiger partial charge in [0.25, 0.3) is 0 Å². The van der Waals surface area contributed by atoms with E-state index in [1.54, 1.807) is 0 Å². The van der Waals surface area contributed by atoms with Crippen molar-refractivity contribution in [3.63, 3.8) is 0 Å². The molecule has 0 spiro atoms. The van der Waals surface area contributed by atoms with Crippen LogP contribution in [0.4, 0.5) is 0 Å². The Morgan fingerprint density at radius 3 is 0.857 bits per heavy atom. The van der Waals surface area contributed by atoms with Crippen molar-refractivity contribution in [2.45, 2.75) is 0 Å². The largest absolute Gasteiger partial charge is 2.00 e. The molecule has 2 N–H and O–H groups in total. The molecule has 0 aliphatic carbocycles. The van der Waals surface area contributed by atoms with Crippen molar-refractivity contribution in [2.75, 3.05) is 0 Å². The van der Waals surface area contributed by atoms with Crippen molar-refractivity contribution < 1.29 is 44.8 Å². The second kappa shape index (κ2) is 11.8. The summed E-state index contributed by atoms with van der Waals surface area (Å²) in [6.07, 6.45) is 0. The number of hydrogen-bond donors (Lipinski definition) is 2. The third-order valence-corrected chi connectivity index (χ3v) is 0. The molecule has 0 aromatic rings. The topological polar surface area (TPSA) is 207 Å². The van der Waals surface area contributed by atoms with E-state index < -0.39 is 20.6 Å². The van der Waals surface area contributed by atoms with Gasteiger partial charge in [0.2, 0.25) is 0 Å². The monoisotopic (exact) mass is 285 g/mol. The normalized spacial score (nSPS) is 7.57. The first kappa shape index (κ1) is 23.0. The molecule has 0 atom stereocenters. The van der Waals surface area contributed by atoms with Gasteiger partial charge >= 0.3 is 27.5 Å². The molecule has 14 heavy (non-hydrogen) atoms. The van der Waals surface area contributed by atoms with Crippen LogP contribution >= 0.6 is 0 Å². The fourth-order valence-electron chi connectivity index (χ4n) is 0. The standard InChI is InChI=1S/Cu.2NO3.H2O4S/c;2*2-1(3)4;1-5(2,3)4/h;;;(H2,1,2,3,4)/q+2;2*-1;. The molecular weight excluding hydrogens is 284 g/mol. The van der Waals surface area contributed by atoms with Crippen LogP contribution in [0.2, 0.25) is 0 Å². The van der Waals surface area contributed by atoms with E-state index in [4.69, 9.17) is 48.2 Å². The quantitative estimate of drug-likeness (QED) is 0.236. The molecule has 0 aromatic carbocycles. The van der Waals surface area contributed by atoms with E-state index in [1.165, 1.54) is 0 Å². The fourth-order valence-corrected chi connectivity index (χ4v) is 0. The minimum atomic E-state index is -4.67. The van der Waals surface area contributed by atoms with Gasteiger partial charge in [-0.25, -0.2) is 0 Å². The Balaban J connectivity index is -0.0000000522. The first-order valence-electron chi connectivity index (χ1n) is 1.79. The van der Waals surface area contributed by atoms with E-state index in [9.17, 15) is 0 Å². The molecule has 14 heteroatoms. The van der Waals surface area contributed by atoms with Crippen LogP contribution in [0.3, 0.4) is 0 Å². The summed E-state index contributed by atoms with van der Waals surface area (Å²) >= 11 is 0. The maximum Gasteiger partial charge on any atom is 2.00 e. The molecule has 0 rings (SSSR count). The molecule has 0 bridgehead atoms. The summed E-state index contributed by atoms with van der Waals surface area (Å²) in [4.78, 5) is 16.5. The minimum absolute atomic E-state index is 0. The Morgan fingerprint density at radius 2 is 0.857 bits per heavy atom. The molecule has 0 aromatic heterocycles. The van der Waals surface area contributed by atoms with Gasteiger partial charge in [0.05, 0.1) is 10.2 Å². The summed E-state index contributed by atoms with van der Waals surface area (Å²) in [5.74, 6) is 0. The van der Waals surface area contributed by atoms with E-state index in [0.717, 1.165) is 0 Å². The zero-order valence-electron chi connectivity index (χ0n) is 5.76. The second-order valence-corrected chi connectivity index (χ2v) is 1.79. The molecule has 0 aliphatic rings. The van der Waals surface area contributed by atoms with Gasteiger partial charge < -0.3 is 30.6 Å². The Kier molecular flexibility index (Phi) is 19.4. The molecule has 0 heterocycles. The molecule has 0 aliphatic heterocycles. The fraction of sp³-hybridized carbons (Fsp3) is 0. The molecule has 0 unspecified atom stereocenters. The summed E-state index contributed by atoms with van der Waals surface area (Å²) < 4.78 is 31.6. The molecule has 12 nitrogen and oxygen atoms in total. The number of hydrogen-bond acceptors (Lipinski definition) is 8. The van der Waals surface area contributed by atoms with Gasteiger partial charge in [-0.1, -0.05) is 0 Å². The summed E-state index contributed by atoms with van der Waals surface area (Å²) in [6.45, 7) is 0. The summed E-state index contributed by atoms with van der Waals surface area (Å²) in [5.41, 5.74) is 0. The molecule has 0 saturated carbocycles. The SMILES string of the molecule is O=S(=O)(O)O.O=[N+]([O-])[O-].O=[N+]([O-])[O-].[Cu+2]. The van der Waals surface area contributed by atoms with Crippen LogP contribution in [0.5, 0.6) is 0 Å². The van der Waals surface area contributed by atoms with Gasteiger partial charge in [-0.2, -0.15) is 8.42 Å². The van der Waals surface area contributed by atoms with E-state index in [0.29, 0.717) is 0 Å². The Hall–Kier alpha value is -1.21. The zero-order valence-corrected chi connectivity index (χ0v) is 7.52. The van der Waals surface area contributed by atoms with Crippen LogP contribution in [-0.4, -0.2) is 27.7 Å². The van der Waals surface area contributed by atoms with Gasteiger partial charge in [0, 0.05) is 0 Å². The van der Waals surface area contributed by atoms with Crippen LogP contribution < -0.4 is 0 Å². The third-order valence-electron chi connectivity index (χ3n) is 0. The first-order valence-corrected chi connectivity index (χ1v) is 3.19. The smallest absolute Gasteiger partial charge is 0.356 e. The van der Waals surface area contributed by atoms with Crippen LogP contribution in [-0.2, 0) is 27.5 Å². The van der Waals surface area contributed by atoms with Crippen LogP contribution in [0, 0.1) is 30.6 Å². The van der Waals surface area contributed by atoms with Crippen LogP contribution in [0.1, 0.15) is 0 Å². The summed E-state index contributed by atoms with van der Waals surface area (Å²) in [6, 6.07) is 0. The zero-order chi connectivity index (χ0) is 11.7. The van der Waals surface area contributed by atoms with Gasteiger partial charge in [0.1, 0.15) is 0 Å². The first-order chi connectivity index (χ1) is 5.46. The van der Waals surface area contributed by atoms with Crippen molar-refractivity contribution >= 4 is 10.4 Å². The van der Waals surface area contributed by atoms with E-state index in [1.807, 2.05) is 0 Å². The van der Waals surface area contributed by atoms with Gasteiger partial charge in [-0.05, 0) is 0 Å². The van der Waals surface area contributed by atoms with Crippen molar-refractivity contribution in [3.8, 4) is 0 Å². The van der Waals surface area contributed by atoms with Gasteiger partial charge in [-0.15, -0.1) is 0 Å². The average molecular weight is 286 g/mol. The molecule has 0 saturated heterocycles. The number of nitrogens with zero attached hydrogens (tertiary/aromatic N) is 2. The van der Waals surface area contributed by atoms with E-state index in [2.05, 4.69) is 0 Å². The Bertz CT molecular complexity index is 213. The molecule has 89 valence electrons. The molecular formula is H2CuN2O10S. The predicted molar refractivity (Wildman–Crippen MR) is 34.9 cm³/mol. The molecule has 0 fully saturated rings. The van der Waals surface area contributed by atoms with E-state index in [-0.39, 0.29) is 17.1 Å². The minimum Gasteiger partial charge on any atom is -0.356 e. The number of rotatable bonds is 0. The Labute approximate surface area is 86.4 Å². The van der Waals surface area contributed by atoms with Gasteiger partial charge in [-0.3, -0.25) is 9.11 Å². The predicted octanol–water partition coefficient (Wildman–Crippen LogP) is -1.13. The van der Waals surface area contributed by atoms with Gasteiger partial charge in [0.15, 0.2) is 0 Å². The van der Waals surface area contributed by atoms with Crippen molar-refractivity contribution in [3.05, 3.63) is 30.6 Å². The van der Waals surface area contributed by atoms with Crippen LogP contribution in [0.25, 0.3) is 0 Å². The average Bonchev–Trinajstić information content (AvgIpc) is 1.50. The maximum absolute atomic E-state index is 8.74. The van der Waals surface area contributed by atoms with Crippen molar-refractivity contribution in [1.29, 1.82) is 0 Å². The summed E-state index contributed by atoms with van der Waals surface area (Å²) in [7, 11) is -4.67. The molecule has 1 radical (unpaired) electrons. The van der Waals surface area contributed by atoms with E-state index >= 15 is 0 Å². The van der Waals surface area contributed by atoms with Crippen molar-refractivity contribution in [2.24, 2.45) is 0 Å². The summed E-state index contributed by atoms with van der Waals surface area (Å²) in [5, 5.41) is 29.5. The van der Waals surface area contributed by atoms with Crippen molar-refractivity contribution in [1.82, 2.24) is 0 Å². The van der Waals surface area contributed by atoms with Crippen LogP contribution in [0.15, 0.2) is 0 Å². The Morgan fingerprint density at radius 1 is 0.857 bits per heavy atom. The maximum atomic E-state index is 8.74.